The van der Waals surface area contributed by atoms with Crippen LogP contribution in [0.3, 0.4) is 0 Å². The van der Waals surface area contributed by atoms with Crippen LogP contribution in [0.1, 0.15) is 28.5 Å². The summed E-state index contributed by atoms with van der Waals surface area (Å²) in [6.07, 6.45) is 1.36. The van der Waals surface area contributed by atoms with Crippen LogP contribution in [-0.2, 0) is 16.0 Å². The van der Waals surface area contributed by atoms with Crippen molar-refractivity contribution in [3.05, 3.63) is 81.8 Å². The van der Waals surface area contributed by atoms with Gasteiger partial charge in [0, 0.05) is 37.4 Å². The van der Waals surface area contributed by atoms with E-state index in [0.29, 0.717) is 37.6 Å². The van der Waals surface area contributed by atoms with E-state index in [-0.39, 0.29) is 36.9 Å². The first-order chi connectivity index (χ1) is 17.9. The van der Waals surface area contributed by atoms with E-state index in [1.165, 1.54) is 21.9 Å². The second-order valence-corrected chi connectivity index (χ2v) is 9.98. The number of nitrogens with one attached hydrogen (secondary N) is 1. The zero-order chi connectivity index (χ0) is 26.2. The first-order valence-corrected chi connectivity index (χ1v) is 13.2. The Balaban J connectivity index is 1.47. The Morgan fingerprint density at radius 3 is 2.62 bits per heavy atom. The van der Waals surface area contributed by atoms with E-state index in [4.69, 9.17) is 9.47 Å². The summed E-state index contributed by atoms with van der Waals surface area (Å²) in [5.41, 5.74) is 2.82. The average molecular weight is 526 g/mol. The van der Waals surface area contributed by atoms with E-state index in [0.717, 1.165) is 17.5 Å². The van der Waals surface area contributed by atoms with Gasteiger partial charge < -0.3 is 24.6 Å². The molecule has 1 atom stereocenters. The smallest absolute Gasteiger partial charge is 0.322 e. The van der Waals surface area contributed by atoms with Gasteiger partial charge in [0.05, 0.1) is 6.04 Å². The molecule has 1 aromatic heterocycles. The molecular weight excluding hydrogens is 493 g/mol. The minimum absolute atomic E-state index is 0.0616. The van der Waals surface area contributed by atoms with Crippen molar-refractivity contribution in [2.75, 3.05) is 45.3 Å². The van der Waals surface area contributed by atoms with Gasteiger partial charge in [-0.2, -0.15) is 0 Å². The number of carbonyl (C=O) groups excluding carboxylic acids is 2. The summed E-state index contributed by atoms with van der Waals surface area (Å²) in [4.78, 5) is 31.3. The van der Waals surface area contributed by atoms with Gasteiger partial charge in [0.2, 0.25) is 5.91 Å². The Hall–Kier alpha value is -3.43. The predicted molar refractivity (Wildman–Crippen MR) is 143 cm³/mol. The molecule has 0 unspecified atom stereocenters. The van der Waals surface area contributed by atoms with Gasteiger partial charge in [0.1, 0.15) is 24.7 Å². The second-order valence-electron chi connectivity index (χ2n) is 8.98. The van der Waals surface area contributed by atoms with Crippen molar-refractivity contribution in [3.63, 3.8) is 0 Å². The molecule has 1 aliphatic rings. The van der Waals surface area contributed by atoms with Crippen LogP contribution < -0.4 is 10.1 Å². The Labute approximate surface area is 220 Å². The van der Waals surface area contributed by atoms with E-state index in [1.807, 2.05) is 42.6 Å². The molecule has 0 spiro atoms. The highest BCUT2D eigenvalue weighted by atomic mass is 32.1. The fraction of sp³-hybridized carbons (Fsp3) is 0.357. The molecule has 0 fully saturated rings. The minimum Gasteiger partial charge on any atom is -0.491 e. The molecular formula is C28H32FN3O4S. The maximum atomic E-state index is 13.6. The SMILES string of the molecule is COCCCN(CC(=O)N1CCc2sccc2[C@H]1COc1ccc(F)cc1)C(=O)Nc1ccc(C)cc1. The number of hydrogen-bond donors (Lipinski definition) is 1. The van der Waals surface area contributed by atoms with Gasteiger partial charge in [0.25, 0.3) is 0 Å². The number of rotatable bonds is 10. The first kappa shape index (κ1) is 26.6. The number of benzene rings is 2. The number of thiophene rings is 1. The van der Waals surface area contributed by atoms with Crippen LogP contribution in [0.5, 0.6) is 5.75 Å². The molecule has 1 aliphatic heterocycles. The van der Waals surface area contributed by atoms with Crippen LogP contribution in [-0.4, -0.2) is 61.7 Å². The van der Waals surface area contributed by atoms with Gasteiger partial charge in [0.15, 0.2) is 0 Å². The summed E-state index contributed by atoms with van der Waals surface area (Å²) in [6, 6.07) is 14.8. The van der Waals surface area contributed by atoms with Crippen molar-refractivity contribution in [3.8, 4) is 5.75 Å². The number of aryl methyl sites for hydroxylation is 1. The molecule has 2 aromatic carbocycles. The van der Waals surface area contributed by atoms with Gasteiger partial charge in [-0.1, -0.05) is 17.7 Å². The number of fused-ring (bicyclic) bond motifs is 1. The van der Waals surface area contributed by atoms with Crippen LogP contribution in [0.25, 0.3) is 0 Å². The van der Waals surface area contributed by atoms with E-state index < -0.39 is 0 Å². The number of halogens is 1. The highest BCUT2D eigenvalue weighted by Crippen LogP contribution is 2.34. The summed E-state index contributed by atoms with van der Waals surface area (Å²) in [5, 5.41) is 4.92. The van der Waals surface area contributed by atoms with Gasteiger partial charge in [-0.15, -0.1) is 11.3 Å². The summed E-state index contributed by atoms with van der Waals surface area (Å²) in [5.74, 6) is 0.0512. The zero-order valence-electron chi connectivity index (χ0n) is 21.1. The van der Waals surface area contributed by atoms with Crippen molar-refractivity contribution < 1.29 is 23.5 Å². The monoisotopic (exact) mass is 525 g/mol. The van der Waals surface area contributed by atoms with Crippen LogP contribution >= 0.6 is 11.3 Å². The number of ether oxygens (including phenoxy) is 2. The lowest BCUT2D eigenvalue weighted by Crippen LogP contribution is -2.49. The van der Waals surface area contributed by atoms with Crippen molar-refractivity contribution in [1.82, 2.24) is 9.80 Å². The van der Waals surface area contributed by atoms with Crippen LogP contribution in [0.2, 0.25) is 0 Å². The Bertz CT molecular complexity index is 1180. The van der Waals surface area contributed by atoms with Gasteiger partial charge in [-0.05, 0) is 73.2 Å². The summed E-state index contributed by atoms with van der Waals surface area (Å²) in [7, 11) is 1.61. The van der Waals surface area contributed by atoms with Crippen molar-refractivity contribution in [1.29, 1.82) is 0 Å². The second kappa shape index (κ2) is 12.7. The summed E-state index contributed by atoms with van der Waals surface area (Å²) in [6.45, 7) is 3.56. The van der Waals surface area contributed by atoms with Gasteiger partial charge in [-0.3, -0.25) is 4.79 Å². The largest absolute Gasteiger partial charge is 0.491 e. The third kappa shape index (κ3) is 7.08. The molecule has 0 saturated carbocycles. The summed E-state index contributed by atoms with van der Waals surface area (Å²) < 4.78 is 24.4. The maximum absolute atomic E-state index is 13.6. The molecule has 0 radical (unpaired) electrons. The van der Waals surface area contributed by atoms with E-state index in [9.17, 15) is 14.0 Å². The van der Waals surface area contributed by atoms with Crippen LogP contribution in [0.15, 0.2) is 60.0 Å². The van der Waals surface area contributed by atoms with E-state index in [2.05, 4.69) is 5.32 Å². The van der Waals surface area contributed by atoms with Crippen LogP contribution in [0, 0.1) is 12.7 Å². The highest BCUT2D eigenvalue weighted by molar-refractivity contribution is 7.10. The number of urea groups is 1. The van der Waals surface area contributed by atoms with Crippen molar-refractivity contribution >= 4 is 29.0 Å². The molecule has 4 rings (SSSR count). The standard InChI is InChI=1S/C28H32FN3O4S/c1-20-4-8-22(9-5-20)30-28(34)31(14-3-16-35-2)18-27(33)32-15-12-26-24(13-17-37-26)25(32)19-36-23-10-6-21(29)7-11-23/h4-11,13,17,25H,3,12,14-16,18-19H2,1-2H3,(H,30,34)/t25-/m1/s1. The summed E-state index contributed by atoms with van der Waals surface area (Å²) >= 11 is 1.67. The number of hydrogen-bond acceptors (Lipinski definition) is 5. The molecule has 7 nitrogen and oxygen atoms in total. The average Bonchev–Trinajstić information content (AvgIpc) is 3.38. The molecule has 196 valence electrons. The molecule has 0 aliphatic carbocycles. The lowest BCUT2D eigenvalue weighted by molar-refractivity contribution is -0.135. The molecule has 2 heterocycles. The molecule has 1 N–H and O–H groups in total. The maximum Gasteiger partial charge on any atom is 0.322 e. The van der Waals surface area contributed by atoms with Crippen molar-refractivity contribution in [2.45, 2.75) is 25.8 Å². The van der Waals surface area contributed by atoms with Crippen LogP contribution in [0.4, 0.5) is 14.9 Å². The molecule has 9 heteroatoms. The molecule has 3 aromatic rings. The number of anilines is 1. The Morgan fingerprint density at radius 2 is 1.89 bits per heavy atom. The fourth-order valence-corrected chi connectivity index (χ4v) is 5.25. The predicted octanol–water partition coefficient (Wildman–Crippen LogP) is 5.27. The number of carbonyl (C=O) groups is 2. The molecule has 0 saturated heterocycles. The van der Waals surface area contributed by atoms with Crippen molar-refractivity contribution in [2.24, 2.45) is 0 Å². The highest BCUT2D eigenvalue weighted by Gasteiger charge is 2.33. The minimum atomic E-state index is -0.334. The van der Waals surface area contributed by atoms with Gasteiger partial charge in [-0.25, -0.2) is 9.18 Å². The third-order valence-electron chi connectivity index (χ3n) is 6.33. The number of amides is 3. The first-order valence-electron chi connectivity index (χ1n) is 12.3. The fourth-order valence-electron chi connectivity index (χ4n) is 4.33. The number of nitrogens with zero attached hydrogens (tertiary/aromatic N) is 2. The topological polar surface area (TPSA) is 71.1 Å². The van der Waals surface area contributed by atoms with E-state index in [1.54, 1.807) is 35.5 Å². The lowest BCUT2D eigenvalue weighted by atomic mass is 10.0. The Morgan fingerprint density at radius 1 is 1.14 bits per heavy atom. The Kier molecular flexibility index (Phi) is 9.14. The third-order valence-corrected chi connectivity index (χ3v) is 7.33. The quantitative estimate of drug-likeness (QED) is 0.366. The van der Waals surface area contributed by atoms with E-state index >= 15 is 0 Å². The molecule has 0 bridgehead atoms. The lowest BCUT2D eigenvalue weighted by Gasteiger charge is -2.37. The molecule has 37 heavy (non-hydrogen) atoms. The zero-order valence-corrected chi connectivity index (χ0v) is 21.9. The molecule has 3 amide bonds. The number of methoxy groups -OCH3 is 1. The van der Waals surface area contributed by atoms with Gasteiger partial charge >= 0.3 is 6.03 Å². The normalized spacial score (nSPS) is 14.7.